The molecule has 3 aromatic rings. The number of aromatic amines is 1. The quantitative estimate of drug-likeness (QED) is 0.685. The Labute approximate surface area is 116 Å². The Kier molecular flexibility index (Phi) is 2.84. The second kappa shape index (κ2) is 4.37. The molecule has 1 aromatic heterocycles. The molecule has 1 N–H and O–H groups in total. The lowest BCUT2D eigenvalue weighted by Crippen LogP contribution is -1.87. The number of fused-ring (bicyclic) bond motifs is 1. The fourth-order valence-corrected chi connectivity index (χ4v) is 2.33. The van der Waals surface area contributed by atoms with Crippen molar-refractivity contribution in [2.75, 3.05) is 0 Å². The van der Waals surface area contributed by atoms with Crippen molar-refractivity contribution >= 4 is 38.6 Å². The van der Waals surface area contributed by atoms with Crippen LogP contribution in [0.4, 0.5) is 4.39 Å². The van der Waals surface area contributed by atoms with Crippen LogP contribution in [0.25, 0.3) is 22.4 Å². The molecule has 0 atom stereocenters. The fourth-order valence-electron chi connectivity index (χ4n) is 1.80. The predicted octanol–water partition coefficient (Wildman–Crippen LogP) is 4.78. The van der Waals surface area contributed by atoms with E-state index in [-0.39, 0.29) is 5.82 Å². The van der Waals surface area contributed by atoms with E-state index in [4.69, 9.17) is 11.6 Å². The van der Waals surface area contributed by atoms with Gasteiger partial charge in [-0.05, 0) is 46.3 Å². The molecule has 0 aliphatic rings. The summed E-state index contributed by atoms with van der Waals surface area (Å²) >= 11 is 9.06. The van der Waals surface area contributed by atoms with Crippen LogP contribution >= 0.6 is 27.5 Å². The molecule has 0 amide bonds. The normalized spacial score (nSPS) is 11.1. The van der Waals surface area contributed by atoms with Crippen LogP contribution in [-0.4, -0.2) is 9.97 Å². The van der Waals surface area contributed by atoms with Crippen molar-refractivity contribution in [3.63, 3.8) is 0 Å². The largest absolute Gasteiger partial charge is 0.338 e. The van der Waals surface area contributed by atoms with Gasteiger partial charge in [-0.25, -0.2) is 9.37 Å². The highest BCUT2D eigenvalue weighted by atomic mass is 79.9. The van der Waals surface area contributed by atoms with E-state index in [2.05, 4.69) is 25.9 Å². The average Bonchev–Trinajstić information content (AvgIpc) is 2.75. The first-order valence-corrected chi connectivity index (χ1v) is 6.42. The van der Waals surface area contributed by atoms with Crippen molar-refractivity contribution in [2.24, 2.45) is 0 Å². The number of nitrogens with one attached hydrogen (secondary N) is 1. The van der Waals surface area contributed by atoms with Crippen LogP contribution in [0, 0.1) is 5.82 Å². The Morgan fingerprint density at radius 1 is 1.22 bits per heavy atom. The molecule has 0 aliphatic heterocycles. The second-order valence-electron chi connectivity index (χ2n) is 3.85. The minimum atomic E-state index is -0.331. The second-order valence-corrected chi connectivity index (χ2v) is 5.14. The first-order chi connectivity index (χ1) is 8.65. The summed E-state index contributed by atoms with van der Waals surface area (Å²) in [4.78, 5) is 7.42. The molecule has 0 radical (unpaired) electrons. The zero-order valence-electron chi connectivity index (χ0n) is 9.05. The van der Waals surface area contributed by atoms with E-state index in [0.29, 0.717) is 20.9 Å². The summed E-state index contributed by atoms with van der Waals surface area (Å²) in [5, 5.41) is 0.618. The molecule has 0 aliphatic carbocycles. The van der Waals surface area contributed by atoms with Crippen molar-refractivity contribution in [3.8, 4) is 11.4 Å². The molecule has 5 heteroatoms. The van der Waals surface area contributed by atoms with E-state index in [1.165, 1.54) is 0 Å². The summed E-state index contributed by atoms with van der Waals surface area (Å²) in [6, 6.07) is 10.4. The van der Waals surface area contributed by atoms with Gasteiger partial charge in [0.05, 0.1) is 21.1 Å². The zero-order chi connectivity index (χ0) is 12.7. The van der Waals surface area contributed by atoms with Crippen LogP contribution in [0.1, 0.15) is 0 Å². The smallest absolute Gasteiger partial charge is 0.148 e. The third kappa shape index (κ3) is 1.91. The molecular weight excluding hydrogens is 319 g/mol. The van der Waals surface area contributed by atoms with Crippen molar-refractivity contribution in [2.45, 2.75) is 0 Å². The molecule has 3 rings (SSSR count). The van der Waals surface area contributed by atoms with Crippen molar-refractivity contribution in [3.05, 3.63) is 51.7 Å². The Hall–Kier alpha value is -1.39. The van der Waals surface area contributed by atoms with Crippen molar-refractivity contribution < 1.29 is 4.39 Å². The van der Waals surface area contributed by atoms with E-state index in [1.807, 2.05) is 0 Å². The molecule has 2 aromatic carbocycles. The van der Waals surface area contributed by atoms with E-state index in [9.17, 15) is 4.39 Å². The van der Waals surface area contributed by atoms with E-state index in [0.717, 1.165) is 11.0 Å². The summed E-state index contributed by atoms with van der Waals surface area (Å²) in [6.07, 6.45) is 0. The molecular formula is C13H7BrClFN2. The summed E-state index contributed by atoms with van der Waals surface area (Å²) < 4.78 is 14.4. The van der Waals surface area contributed by atoms with Crippen molar-refractivity contribution in [1.82, 2.24) is 9.97 Å². The lowest BCUT2D eigenvalue weighted by atomic mass is 10.2. The molecule has 90 valence electrons. The third-order valence-electron chi connectivity index (χ3n) is 2.65. The number of rotatable bonds is 1. The average molecular weight is 326 g/mol. The molecule has 0 spiro atoms. The standard InChI is InChI=1S/C13H7BrClFN2/c14-9-3-1-2-8(12(9)16)13-17-10-5-4-7(15)6-11(10)18-13/h1-6H,(H,17,18). The number of hydrogen-bond acceptors (Lipinski definition) is 1. The van der Waals surface area contributed by atoms with Gasteiger partial charge in [0.15, 0.2) is 0 Å². The van der Waals surface area contributed by atoms with E-state index < -0.39 is 0 Å². The Balaban J connectivity index is 2.22. The number of benzene rings is 2. The van der Waals surface area contributed by atoms with Crippen LogP contribution in [0.2, 0.25) is 5.02 Å². The molecule has 2 nitrogen and oxygen atoms in total. The summed E-state index contributed by atoms with van der Waals surface area (Å²) in [5.74, 6) is 0.161. The molecule has 0 saturated heterocycles. The number of H-pyrrole nitrogens is 1. The van der Waals surface area contributed by atoms with Crippen LogP contribution < -0.4 is 0 Å². The number of imidazole rings is 1. The highest BCUT2D eigenvalue weighted by Crippen LogP contribution is 2.28. The topological polar surface area (TPSA) is 28.7 Å². The first kappa shape index (κ1) is 11.7. The van der Waals surface area contributed by atoms with Gasteiger partial charge >= 0.3 is 0 Å². The first-order valence-electron chi connectivity index (χ1n) is 5.25. The van der Waals surface area contributed by atoms with Gasteiger partial charge in [0, 0.05) is 5.02 Å². The van der Waals surface area contributed by atoms with Gasteiger partial charge in [0.1, 0.15) is 11.6 Å². The minimum Gasteiger partial charge on any atom is -0.338 e. The fraction of sp³-hybridized carbons (Fsp3) is 0. The molecule has 0 fully saturated rings. The van der Waals surface area contributed by atoms with Crippen LogP contribution in [0.15, 0.2) is 40.9 Å². The molecule has 18 heavy (non-hydrogen) atoms. The summed E-state index contributed by atoms with van der Waals surface area (Å²) in [6.45, 7) is 0. The van der Waals surface area contributed by atoms with Gasteiger partial charge in [-0.15, -0.1) is 0 Å². The van der Waals surface area contributed by atoms with Gasteiger partial charge < -0.3 is 4.98 Å². The molecule has 0 saturated carbocycles. The Morgan fingerprint density at radius 3 is 2.89 bits per heavy atom. The summed E-state index contributed by atoms with van der Waals surface area (Å²) in [5.41, 5.74) is 1.97. The monoisotopic (exact) mass is 324 g/mol. The molecule has 0 unspecified atom stereocenters. The maximum Gasteiger partial charge on any atom is 0.148 e. The van der Waals surface area contributed by atoms with Crippen LogP contribution in [-0.2, 0) is 0 Å². The molecule has 0 bridgehead atoms. The predicted molar refractivity (Wildman–Crippen MR) is 74.2 cm³/mol. The van der Waals surface area contributed by atoms with Crippen LogP contribution in [0.3, 0.4) is 0 Å². The van der Waals surface area contributed by atoms with Gasteiger partial charge in [0.25, 0.3) is 0 Å². The lowest BCUT2D eigenvalue weighted by molar-refractivity contribution is 0.623. The Morgan fingerprint density at radius 2 is 2.06 bits per heavy atom. The zero-order valence-corrected chi connectivity index (χ0v) is 11.4. The number of aromatic nitrogens is 2. The number of halogens is 3. The SMILES string of the molecule is Fc1c(Br)cccc1-c1nc2ccc(Cl)cc2[nH]1. The molecule has 1 heterocycles. The summed E-state index contributed by atoms with van der Waals surface area (Å²) in [7, 11) is 0. The van der Waals surface area contributed by atoms with Gasteiger partial charge in [-0.2, -0.15) is 0 Å². The number of hydrogen-bond donors (Lipinski definition) is 1. The van der Waals surface area contributed by atoms with Gasteiger partial charge in [0.2, 0.25) is 0 Å². The minimum absolute atomic E-state index is 0.331. The maximum absolute atomic E-state index is 14.0. The highest BCUT2D eigenvalue weighted by molar-refractivity contribution is 9.10. The van der Waals surface area contributed by atoms with Crippen molar-refractivity contribution in [1.29, 1.82) is 0 Å². The third-order valence-corrected chi connectivity index (χ3v) is 3.50. The van der Waals surface area contributed by atoms with E-state index >= 15 is 0 Å². The highest BCUT2D eigenvalue weighted by Gasteiger charge is 2.12. The van der Waals surface area contributed by atoms with E-state index in [1.54, 1.807) is 36.4 Å². The maximum atomic E-state index is 14.0. The van der Waals surface area contributed by atoms with Crippen LogP contribution in [0.5, 0.6) is 0 Å². The van der Waals surface area contributed by atoms with Gasteiger partial charge in [-0.3, -0.25) is 0 Å². The lowest BCUT2D eigenvalue weighted by Gasteiger charge is -2.00. The van der Waals surface area contributed by atoms with Gasteiger partial charge in [-0.1, -0.05) is 17.7 Å². The number of nitrogens with zero attached hydrogens (tertiary/aromatic N) is 1. The Bertz CT molecular complexity index is 739.